The molecule has 3 aromatic rings. The second kappa shape index (κ2) is 6.28. The molecule has 5 heteroatoms. The molecule has 0 radical (unpaired) electrons. The summed E-state index contributed by atoms with van der Waals surface area (Å²) in [5.74, 6) is 0.984. The van der Waals surface area contributed by atoms with E-state index in [4.69, 9.17) is 10.3 Å². The number of hydrogen-bond donors (Lipinski definition) is 1. The van der Waals surface area contributed by atoms with E-state index >= 15 is 0 Å². The topological polar surface area (TPSA) is 77.8 Å². The molecule has 106 valence electrons. The van der Waals surface area contributed by atoms with Gasteiger partial charge in [0, 0.05) is 18.0 Å². The summed E-state index contributed by atoms with van der Waals surface area (Å²) in [7, 11) is 0. The molecule has 2 aromatic heterocycles. The Morgan fingerprint density at radius 1 is 1.10 bits per heavy atom. The molecule has 0 spiro atoms. The van der Waals surface area contributed by atoms with Crippen molar-refractivity contribution in [2.24, 2.45) is 5.73 Å². The zero-order valence-electron chi connectivity index (χ0n) is 11.5. The van der Waals surface area contributed by atoms with Gasteiger partial charge in [-0.05, 0) is 30.5 Å². The van der Waals surface area contributed by atoms with E-state index in [9.17, 15) is 0 Å². The van der Waals surface area contributed by atoms with Crippen molar-refractivity contribution in [3.63, 3.8) is 0 Å². The SMILES string of the molecule is N[C@@H](CCc1ccccc1)c1nc(-c2cccnc2)no1. The lowest BCUT2D eigenvalue weighted by molar-refractivity contribution is 0.349. The molecule has 0 bridgehead atoms. The normalized spacial score (nSPS) is 12.2. The maximum atomic E-state index is 6.12. The van der Waals surface area contributed by atoms with Crippen molar-refractivity contribution in [3.05, 3.63) is 66.3 Å². The third kappa shape index (κ3) is 3.32. The zero-order chi connectivity index (χ0) is 14.5. The lowest BCUT2D eigenvalue weighted by Gasteiger charge is -2.06. The van der Waals surface area contributed by atoms with Crippen molar-refractivity contribution >= 4 is 0 Å². The minimum absolute atomic E-state index is 0.261. The number of nitrogens with two attached hydrogens (primary N) is 1. The van der Waals surface area contributed by atoms with Crippen molar-refractivity contribution in [1.82, 2.24) is 15.1 Å². The summed E-state index contributed by atoms with van der Waals surface area (Å²) in [6.07, 6.45) is 5.05. The molecule has 0 amide bonds. The molecule has 1 atom stereocenters. The highest BCUT2D eigenvalue weighted by atomic mass is 16.5. The average Bonchev–Trinajstić information content (AvgIpc) is 3.04. The molecule has 0 aliphatic heterocycles. The van der Waals surface area contributed by atoms with Crippen molar-refractivity contribution < 1.29 is 4.52 Å². The number of pyridine rings is 1. The highest BCUT2D eigenvalue weighted by Gasteiger charge is 2.15. The Kier molecular flexibility index (Phi) is 4.02. The van der Waals surface area contributed by atoms with Gasteiger partial charge in [0.15, 0.2) is 0 Å². The second-order valence-corrected chi connectivity index (χ2v) is 4.83. The molecule has 0 aliphatic carbocycles. The third-order valence-corrected chi connectivity index (χ3v) is 3.27. The van der Waals surface area contributed by atoms with Crippen molar-refractivity contribution in [2.45, 2.75) is 18.9 Å². The Hall–Kier alpha value is -2.53. The van der Waals surface area contributed by atoms with E-state index in [2.05, 4.69) is 27.3 Å². The Morgan fingerprint density at radius 3 is 2.71 bits per heavy atom. The van der Waals surface area contributed by atoms with Gasteiger partial charge in [0.05, 0.1) is 6.04 Å². The predicted molar refractivity (Wildman–Crippen MR) is 79.2 cm³/mol. The van der Waals surface area contributed by atoms with Crippen LogP contribution in [0.4, 0.5) is 0 Å². The van der Waals surface area contributed by atoms with Crippen LogP contribution in [0, 0.1) is 0 Å². The molecular weight excluding hydrogens is 264 g/mol. The molecule has 5 nitrogen and oxygen atoms in total. The standard InChI is InChI=1S/C16H16N4O/c17-14(9-8-12-5-2-1-3-6-12)16-19-15(20-21-16)13-7-4-10-18-11-13/h1-7,10-11,14H,8-9,17H2/t14-/m0/s1. The molecule has 0 aliphatic rings. The fraction of sp³-hybridized carbons (Fsp3) is 0.188. The molecule has 0 unspecified atom stereocenters. The first-order valence-corrected chi connectivity index (χ1v) is 6.86. The summed E-state index contributed by atoms with van der Waals surface area (Å²) in [5, 5.41) is 3.96. The van der Waals surface area contributed by atoms with Crippen molar-refractivity contribution in [3.8, 4) is 11.4 Å². The zero-order valence-corrected chi connectivity index (χ0v) is 11.5. The third-order valence-electron chi connectivity index (χ3n) is 3.27. The van der Waals surface area contributed by atoms with Crippen LogP contribution < -0.4 is 5.73 Å². The van der Waals surface area contributed by atoms with E-state index in [0.29, 0.717) is 11.7 Å². The highest BCUT2D eigenvalue weighted by molar-refractivity contribution is 5.51. The van der Waals surface area contributed by atoms with Gasteiger partial charge in [-0.1, -0.05) is 35.5 Å². The van der Waals surface area contributed by atoms with Gasteiger partial charge in [0.2, 0.25) is 11.7 Å². The molecule has 2 heterocycles. The van der Waals surface area contributed by atoms with Gasteiger partial charge < -0.3 is 10.3 Å². The monoisotopic (exact) mass is 280 g/mol. The molecule has 0 fully saturated rings. The van der Waals surface area contributed by atoms with E-state index in [1.165, 1.54) is 5.56 Å². The molecule has 1 aromatic carbocycles. The molecular formula is C16H16N4O. The van der Waals surface area contributed by atoms with Gasteiger partial charge in [-0.15, -0.1) is 0 Å². The molecule has 3 rings (SSSR count). The highest BCUT2D eigenvalue weighted by Crippen LogP contribution is 2.19. The van der Waals surface area contributed by atoms with E-state index in [-0.39, 0.29) is 6.04 Å². The van der Waals surface area contributed by atoms with E-state index in [1.54, 1.807) is 12.4 Å². The summed E-state index contributed by atoms with van der Waals surface area (Å²) < 4.78 is 5.26. The fourth-order valence-electron chi connectivity index (χ4n) is 2.09. The minimum Gasteiger partial charge on any atom is -0.337 e. The Labute approximate surface area is 122 Å². The van der Waals surface area contributed by atoms with Crippen LogP contribution in [0.2, 0.25) is 0 Å². The number of nitrogens with zero attached hydrogens (tertiary/aromatic N) is 3. The van der Waals surface area contributed by atoms with E-state index in [1.807, 2.05) is 30.3 Å². The minimum atomic E-state index is -0.261. The van der Waals surface area contributed by atoms with E-state index in [0.717, 1.165) is 18.4 Å². The first-order valence-electron chi connectivity index (χ1n) is 6.86. The molecule has 0 saturated heterocycles. The van der Waals surface area contributed by atoms with Gasteiger partial charge in [-0.3, -0.25) is 4.98 Å². The second-order valence-electron chi connectivity index (χ2n) is 4.83. The fourth-order valence-corrected chi connectivity index (χ4v) is 2.09. The number of rotatable bonds is 5. The van der Waals surface area contributed by atoms with Crippen LogP contribution in [0.5, 0.6) is 0 Å². The van der Waals surface area contributed by atoms with Crippen molar-refractivity contribution in [1.29, 1.82) is 0 Å². The maximum absolute atomic E-state index is 6.12. The lowest BCUT2D eigenvalue weighted by atomic mass is 10.1. The quantitative estimate of drug-likeness (QED) is 0.777. The number of hydrogen-bond acceptors (Lipinski definition) is 5. The largest absolute Gasteiger partial charge is 0.337 e. The first kappa shape index (κ1) is 13.5. The van der Waals surface area contributed by atoms with Crippen LogP contribution in [-0.4, -0.2) is 15.1 Å². The average molecular weight is 280 g/mol. The Bertz CT molecular complexity index is 682. The number of benzene rings is 1. The van der Waals surface area contributed by atoms with Gasteiger partial charge >= 0.3 is 0 Å². The molecule has 0 saturated carbocycles. The van der Waals surface area contributed by atoms with Crippen LogP contribution >= 0.6 is 0 Å². The number of aryl methyl sites for hydroxylation is 1. The van der Waals surface area contributed by atoms with Gasteiger partial charge in [0.1, 0.15) is 0 Å². The van der Waals surface area contributed by atoms with Gasteiger partial charge in [0.25, 0.3) is 0 Å². The predicted octanol–water partition coefficient (Wildman–Crippen LogP) is 2.76. The first-order chi connectivity index (χ1) is 10.3. The van der Waals surface area contributed by atoms with Crippen LogP contribution in [0.15, 0.2) is 59.4 Å². The smallest absolute Gasteiger partial charge is 0.243 e. The van der Waals surface area contributed by atoms with Crippen LogP contribution in [0.25, 0.3) is 11.4 Å². The van der Waals surface area contributed by atoms with Crippen LogP contribution in [0.3, 0.4) is 0 Å². The summed E-state index contributed by atoms with van der Waals surface area (Å²) >= 11 is 0. The number of aromatic nitrogens is 3. The van der Waals surface area contributed by atoms with Crippen LogP contribution in [0.1, 0.15) is 23.9 Å². The van der Waals surface area contributed by atoms with E-state index < -0.39 is 0 Å². The Morgan fingerprint density at radius 2 is 1.95 bits per heavy atom. The molecule has 2 N–H and O–H groups in total. The summed E-state index contributed by atoms with van der Waals surface area (Å²) in [4.78, 5) is 8.39. The van der Waals surface area contributed by atoms with Gasteiger partial charge in [-0.25, -0.2) is 0 Å². The van der Waals surface area contributed by atoms with Crippen molar-refractivity contribution in [2.75, 3.05) is 0 Å². The summed E-state index contributed by atoms with van der Waals surface area (Å²) in [5.41, 5.74) is 8.19. The lowest BCUT2D eigenvalue weighted by Crippen LogP contribution is -2.11. The summed E-state index contributed by atoms with van der Waals surface area (Å²) in [6.45, 7) is 0. The van der Waals surface area contributed by atoms with Gasteiger partial charge in [-0.2, -0.15) is 4.98 Å². The summed E-state index contributed by atoms with van der Waals surface area (Å²) in [6, 6.07) is 13.7. The maximum Gasteiger partial charge on any atom is 0.243 e. The Balaban J connectivity index is 1.66. The van der Waals surface area contributed by atoms with Crippen LogP contribution in [-0.2, 0) is 6.42 Å². The molecule has 21 heavy (non-hydrogen) atoms.